The van der Waals surface area contributed by atoms with E-state index >= 15 is 0 Å². The lowest BCUT2D eigenvalue weighted by Gasteiger charge is -2.20. The Bertz CT molecular complexity index is 467. The fourth-order valence-electron chi connectivity index (χ4n) is 3.23. The van der Waals surface area contributed by atoms with Crippen LogP contribution >= 0.6 is 0 Å². The van der Waals surface area contributed by atoms with Crippen molar-refractivity contribution in [2.24, 2.45) is 11.8 Å². The fourth-order valence-corrected chi connectivity index (χ4v) is 3.23. The second kappa shape index (κ2) is 6.64. The minimum atomic E-state index is -0.364. The summed E-state index contributed by atoms with van der Waals surface area (Å²) in [4.78, 5) is 11.9. The molecular weight excluding hydrogens is 260 g/mol. The predicted molar refractivity (Wildman–Crippen MR) is 86.2 cm³/mol. The molecule has 1 fully saturated rings. The molecule has 21 heavy (non-hydrogen) atoms. The molecule has 116 valence electrons. The van der Waals surface area contributed by atoms with E-state index in [1.165, 1.54) is 17.5 Å². The van der Waals surface area contributed by atoms with Gasteiger partial charge in [-0.05, 0) is 70.8 Å². The Morgan fingerprint density at radius 1 is 1.14 bits per heavy atom. The zero-order chi connectivity index (χ0) is 15.5. The maximum absolute atomic E-state index is 11.9. The van der Waals surface area contributed by atoms with Crippen molar-refractivity contribution in [3.8, 4) is 0 Å². The number of hydrogen-bond acceptors (Lipinski definition) is 2. The summed E-state index contributed by atoms with van der Waals surface area (Å²) in [5, 5.41) is 0. The minimum Gasteiger partial charge on any atom is -0.460 e. The first-order valence-corrected chi connectivity index (χ1v) is 8.09. The van der Waals surface area contributed by atoms with Gasteiger partial charge >= 0.3 is 5.97 Å². The number of rotatable bonds is 4. The molecule has 0 aliphatic heterocycles. The summed E-state index contributed by atoms with van der Waals surface area (Å²) in [6.07, 6.45) is 5.29. The summed E-state index contributed by atoms with van der Waals surface area (Å²) >= 11 is 0. The maximum Gasteiger partial charge on any atom is 0.306 e. The van der Waals surface area contributed by atoms with E-state index in [2.05, 4.69) is 31.2 Å². The van der Waals surface area contributed by atoms with E-state index in [1.807, 2.05) is 20.8 Å². The monoisotopic (exact) mass is 288 g/mol. The zero-order valence-electron chi connectivity index (χ0n) is 13.8. The van der Waals surface area contributed by atoms with E-state index in [-0.39, 0.29) is 11.6 Å². The van der Waals surface area contributed by atoms with Crippen molar-refractivity contribution in [3.05, 3.63) is 35.4 Å². The van der Waals surface area contributed by atoms with Gasteiger partial charge in [0.1, 0.15) is 5.60 Å². The molecule has 0 amide bonds. The lowest BCUT2D eigenvalue weighted by atomic mass is 9.95. The zero-order valence-corrected chi connectivity index (χ0v) is 13.8. The van der Waals surface area contributed by atoms with Crippen LogP contribution in [0.2, 0.25) is 0 Å². The summed E-state index contributed by atoms with van der Waals surface area (Å²) in [5.74, 6) is 1.19. The van der Waals surface area contributed by atoms with E-state index in [0.29, 0.717) is 12.3 Å². The van der Waals surface area contributed by atoms with E-state index in [1.54, 1.807) is 0 Å². The lowest BCUT2D eigenvalue weighted by Crippen LogP contribution is -2.24. The van der Waals surface area contributed by atoms with Gasteiger partial charge in [-0.1, -0.05) is 29.8 Å². The van der Waals surface area contributed by atoms with Gasteiger partial charge < -0.3 is 4.74 Å². The summed E-state index contributed by atoms with van der Waals surface area (Å²) < 4.78 is 5.43. The van der Waals surface area contributed by atoms with Crippen molar-refractivity contribution >= 4 is 5.97 Å². The van der Waals surface area contributed by atoms with Crippen LogP contribution in [0.15, 0.2) is 24.3 Å². The van der Waals surface area contributed by atoms with Crippen molar-refractivity contribution in [1.82, 2.24) is 0 Å². The molecule has 2 atom stereocenters. The van der Waals surface area contributed by atoms with Crippen LogP contribution in [0.5, 0.6) is 0 Å². The largest absolute Gasteiger partial charge is 0.460 e. The smallest absolute Gasteiger partial charge is 0.306 e. The Morgan fingerprint density at radius 2 is 1.76 bits per heavy atom. The van der Waals surface area contributed by atoms with Crippen LogP contribution in [0.1, 0.15) is 57.6 Å². The molecule has 0 heterocycles. The van der Waals surface area contributed by atoms with Gasteiger partial charge in [-0.3, -0.25) is 4.79 Å². The van der Waals surface area contributed by atoms with E-state index in [9.17, 15) is 4.79 Å². The van der Waals surface area contributed by atoms with Gasteiger partial charge in [-0.2, -0.15) is 0 Å². The average molecular weight is 288 g/mol. The van der Waals surface area contributed by atoms with Gasteiger partial charge in [0.25, 0.3) is 0 Å². The van der Waals surface area contributed by atoms with Crippen molar-refractivity contribution < 1.29 is 9.53 Å². The minimum absolute atomic E-state index is 0.0384. The van der Waals surface area contributed by atoms with Gasteiger partial charge in [0, 0.05) is 6.42 Å². The number of ether oxygens (including phenoxy) is 1. The molecule has 0 radical (unpaired) electrons. The van der Waals surface area contributed by atoms with Crippen molar-refractivity contribution in [3.63, 3.8) is 0 Å². The lowest BCUT2D eigenvalue weighted by molar-refractivity contribution is -0.155. The first kappa shape index (κ1) is 16.1. The first-order valence-electron chi connectivity index (χ1n) is 8.09. The number of hydrogen-bond donors (Lipinski definition) is 0. The van der Waals surface area contributed by atoms with Gasteiger partial charge in [-0.15, -0.1) is 0 Å². The highest BCUT2D eigenvalue weighted by Crippen LogP contribution is 2.35. The van der Waals surface area contributed by atoms with E-state index in [0.717, 1.165) is 25.2 Å². The number of benzene rings is 1. The third-order valence-corrected chi connectivity index (χ3v) is 4.17. The summed E-state index contributed by atoms with van der Waals surface area (Å²) in [7, 11) is 0. The summed E-state index contributed by atoms with van der Waals surface area (Å²) in [6.45, 7) is 7.91. The maximum atomic E-state index is 11.9. The van der Waals surface area contributed by atoms with Crippen molar-refractivity contribution in [1.29, 1.82) is 0 Å². The summed E-state index contributed by atoms with van der Waals surface area (Å²) in [6, 6.07) is 8.83. The van der Waals surface area contributed by atoms with E-state index in [4.69, 9.17) is 4.74 Å². The Balaban J connectivity index is 1.78. The molecule has 1 aromatic carbocycles. The quantitative estimate of drug-likeness (QED) is 0.752. The highest BCUT2D eigenvalue weighted by molar-refractivity contribution is 5.70. The topological polar surface area (TPSA) is 26.3 Å². The molecule has 2 unspecified atom stereocenters. The number of aryl methyl sites for hydroxylation is 1. The Kier molecular flexibility index (Phi) is 5.08. The number of carbonyl (C=O) groups is 1. The molecule has 0 spiro atoms. The van der Waals surface area contributed by atoms with Crippen LogP contribution in [0, 0.1) is 18.8 Å². The molecule has 1 aliphatic rings. The normalized spacial score (nSPS) is 22.3. The van der Waals surface area contributed by atoms with Crippen LogP contribution in [0.4, 0.5) is 0 Å². The second-order valence-electron chi connectivity index (χ2n) is 7.53. The van der Waals surface area contributed by atoms with Crippen LogP contribution in [0.25, 0.3) is 0 Å². The molecule has 2 heteroatoms. The van der Waals surface area contributed by atoms with Gasteiger partial charge in [0.05, 0.1) is 0 Å². The highest BCUT2D eigenvalue weighted by Gasteiger charge is 2.28. The van der Waals surface area contributed by atoms with Crippen LogP contribution in [-0.2, 0) is 16.0 Å². The Hall–Kier alpha value is -1.31. The SMILES string of the molecule is Cc1ccc(CC2CCC(CC(=O)OC(C)(C)C)C2)cc1. The molecule has 1 saturated carbocycles. The van der Waals surface area contributed by atoms with Gasteiger partial charge in [-0.25, -0.2) is 0 Å². The molecule has 0 N–H and O–H groups in total. The van der Waals surface area contributed by atoms with Gasteiger partial charge in [0.15, 0.2) is 0 Å². The molecule has 1 aromatic rings. The molecule has 1 aliphatic carbocycles. The van der Waals surface area contributed by atoms with Crippen LogP contribution in [-0.4, -0.2) is 11.6 Å². The third-order valence-electron chi connectivity index (χ3n) is 4.17. The van der Waals surface area contributed by atoms with E-state index < -0.39 is 0 Å². The Morgan fingerprint density at radius 3 is 2.38 bits per heavy atom. The molecule has 0 saturated heterocycles. The standard InChI is InChI=1S/C19H28O2/c1-14-5-7-15(8-6-14)11-16-9-10-17(12-16)13-18(20)21-19(2,3)4/h5-8,16-17H,9-13H2,1-4H3. The van der Waals surface area contributed by atoms with Crippen molar-refractivity contribution in [2.75, 3.05) is 0 Å². The first-order chi connectivity index (χ1) is 9.82. The average Bonchev–Trinajstić information content (AvgIpc) is 2.77. The van der Waals surface area contributed by atoms with Crippen molar-refractivity contribution in [2.45, 2.75) is 65.4 Å². The molecule has 2 rings (SSSR count). The second-order valence-corrected chi connectivity index (χ2v) is 7.53. The fraction of sp³-hybridized carbons (Fsp3) is 0.632. The van der Waals surface area contributed by atoms with Crippen LogP contribution < -0.4 is 0 Å². The molecule has 2 nitrogen and oxygen atoms in total. The van der Waals surface area contributed by atoms with Gasteiger partial charge in [0.2, 0.25) is 0 Å². The molecule has 0 bridgehead atoms. The third kappa shape index (κ3) is 5.53. The highest BCUT2D eigenvalue weighted by atomic mass is 16.6. The predicted octanol–water partition coefficient (Wildman–Crippen LogP) is 4.69. The summed E-state index contributed by atoms with van der Waals surface area (Å²) in [5.41, 5.74) is 2.37. The molecule has 0 aromatic heterocycles. The number of carbonyl (C=O) groups excluding carboxylic acids is 1. The molecular formula is C19H28O2. The Labute approximate surface area is 128 Å². The van der Waals surface area contributed by atoms with Crippen LogP contribution in [0.3, 0.4) is 0 Å². The number of esters is 1.